The number of thioether (sulfide) groups is 2. The quantitative estimate of drug-likeness (QED) is 0.787. The number of aromatic nitrogens is 2. The summed E-state index contributed by atoms with van der Waals surface area (Å²) in [5, 5.41) is 11.3. The largest absolute Gasteiger partial charge is 0.352 e. The van der Waals surface area contributed by atoms with Crippen molar-refractivity contribution in [3.8, 4) is 0 Å². The minimum Gasteiger partial charge on any atom is -0.352 e. The van der Waals surface area contributed by atoms with Crippen LogP contribution >= 0.6 is 34.9 Å². The van der Waals surface area contributed by atoms with Gasteiger partial charge in [0.05, 0.1) is 5.25 Å². The lowest BCUT2D eigenvalue weighted by atomic mass is 9.84. The van der Waals surface area contributed by atoms with Crippen LogP contribution < -0.4 is 5.32 Å². The second-order valence-electron chi connectivity index (χ2n) is 6.43. The number of hydrogen-bond donors (Lipinski definition) is 1. The number of hydrogen-bond acceptors (Lipinski definition) is 6. The Labute approximate surface area is 144 Å². The molecule has 1 aromatic rings. The lowest BCUT2D eigenvalue weighted by Gasteiger charge is -2.29. The first-order chi connectivity index (χ1) is 10.6. The highest BCUT2D eigenvalue weighted by atomic mass is 32.2. The van der Waals surface area contributed by atoms with Gasteiger partial charge in [-0.15, -0.1) is 10.2 Å². The molecule has 1 N–H and O–H groups in total. The molecule has 7 heteroatoms. The summed E-state index contributed by atoms with van der Waals surface area (Å²) in [4.78, 5) is 12.4. The van der Waals surface area contributed by atoms with Gasteiger partial charge in [0, 0.05) is 6.04 Å². The highest BCUT2D eigenvalue weighted by Gasteiger charge is 2.42. The van der Waals surface area contributed by atoms with Gasteiger partial charge in [0.15, 0.2) is 8.68 Å². The van der Waals surface area contributed by atoms with Crippen molar-refractivity contribution < 1.29 is 4.79 Å². The zero-order valence-electron chi connectivity index (χ0n) is 13.2. The third-order valence-corrected chi connectivity index (χ3v) is 8.10. The van der Waals surface area contributed by atoms with Gasteiger partial charge in [0.25, 0.3) is 0 Å². The predicted molar refractivity (Wildman–Crippen MR) is 93.6 cm³/mol. The number of rotatable bonds is 6. The van der Waals surface area contributed by atoms with E-state index in [4.69, 9.17) is 0 Å². The molecule has 0 radical (unpaired) electrons. The highest BCUT2D eigenvalue weighted by molar-refractivity contribution is 8.03. The molecule has 0 spiro atoms. The van der Waals surface area contributed by atoms with Crippen LogP contribution in [-0.4, -0.2) is 33.7 Å². The topological polar surface area (TPSA) is 54.9 Å². The number of carbonyl (C=O) groups excluding carboxylic acids is 1. The van der Waals surface area contributed by atoms with E-state index in [0.717, 1.165) is 20.5 Å². The van der Waals surface area contributed by atoms with Crippen molar-refractivity contribution in [1.82, 2.24) is 15.5 Å². The van der Waals surface area contributed by atoms with Crippen LogP contribution in [0.2, 0.25) is 0 Å². The van der Waals surface area contributed by atoms with E-state index < -0.39 is 0 Å². The smallest absolute Gasteiger partial charge is 0.233 e. The summed E-state index contributed by atoms with van der Waals surface area (Å²) < 4.78 is 1.82. The average Bonchev–Trinajstić information content (AvgIpc) is 3.22. The van der Waals surface area contributed by atoms with Crippen LogP contribution in [0.3, 0.4) is 0 Å². The van der Waals surface area contributed by atoms with E-state index in [1.165, 1.54) is 37.4 Å². The number of nitrogens with zero attached hydrogens (tertiary/aromatic N) is 2. The highest BCUT2D eigenvalue weighted by Crippen LogP contribution is 2.49. The molecule has 1 amide bonds. The van der Waals surface area contributed by atoms with Gasteiger partial charge in [-0.25, -0.2) is 0 Å². The molecule has 2 saturated carbocycles. The third kappa shape index (κ3) is 3.62. The fourth-order valence-corrected chi connectivity index (χ4v) is 6.48. The van der Waals surface area contributed by atoms with E-state index in [1.807, 2.05) is 13.2 Å². The van der Waals surface area contributed by atoms with Crippen molar-refractivity contribution in [2.75, 3.05) is 6.26 Å². The molecule has 122 valence electrons. The Morgan fingerprint density at radius 3 is 2.64 bits per heavy atom. The van der Waals surface area contributed by atoms with Gasteiger partial charge in [-0.3, -0.25) is 4.79 Å². The molecular formula is C15H23N3OS3. The summed E-state index contributed by atoms with van der Waals surface area (Å²) in [6, 6.07) is 0.294. The molecule has 5 atom stereocenters. The van der Waals surface area contributed by atoms with E-state index >= 15 is 0 Å². The molecule has 0 unspecified atom stereocenters. The maximum Gasteiger partial charge on any atom is 0.233 e. The van der Waals surface area contributed by atoms with Crippen molar-refractivity contribution in [3.05, 3.63) is 0 Å². The summed E-state index contributed by atoms with van der Waals surface area (Å²) in [7, 11) is 0. The molecule has 0 aromatic carbocycles. The zero-order chi connectivity index (χ0) is 15.7. The Morgan fingerprint density at radius 1 is 1.27 bits per heavy atom. The standard InChI is InChI=1S/C15H23N3OS3/c1-8(12-7-10-4-5-11(12)6-10)16-13(19)9(2)21-15-18-17-14(20-3)22-15/h8-12H,4-7H2,1-3H3,(H,16,19)/t8-,9+,10-,11-,12-/m0/s1. The van der Waals surface area contributed by atoms with Crippen LogP contribution in [0.4, 0.5) is 0 Å². The second kappa shape index (κ2) is 7.09. The van der Waals surface area contributed by atoms with Crippen molar-refractivity contribution in [2.24, 2.45) is 17.8 Å². The molecule has 2 aliphatic rings. The van der Waals surface area contributed by atoms with Crippen molar-refractivity contribution in [2.45, 2.75) is 59.5 Å². The molecule has 2 fully saturated rings. The van der Waals surface area contributed by atoms with E-state index in [2.05, 4.69) is 22.4 Å². The minimum absolute atomic E-state index is 0.122. The molecule has 1 heterocycles. The average molecular weight is 358 g/mol. The van der Waals surface area contributed by atoms with Gasteiger partial charge in [-0.05, 0) is 57.1 Å². The molecule has 1 aromatic heterocycles. The number of amides is 1. The van der Waals surface area contributed by atoms with Crippen LogP contribution in [0.15, 0.2) is 8.68 Å². The lowest BCUT2D eigenvalue weighted by Crippen LogP contribution is -2.43. The maximum atomic E-state index is 12.4. The minimum atomic E-state index is -0.122. The Morgan fingerprint density at radius 2 is 2.05 bits per heavy atom. The first-order valence-corrected chi connectivity index (χ1v) is 10.8. The lowest BCUT2D eigenvalue weighted by molar-refractivity contribution is -0.121. The molecule has 3 rings (SSSR count). The van der Waals surface area contributed by atoms with E-state index in [-0.39, 0.29) is 11.2 Å². The van der Waals surface area contributed by atoms with Crippen LogP contribution in [-0.2, 0) is 4.79 Å². The Bertz CT molecular complexity index is 536. The van der Waals surface area contributed by atoms with E-state index in [1.54, 1.807) is 23.1 Å². The second-order valence-corrected chi connectivity index (χ2v) is 10.1. The summed E-state index contributed by atoms with van der Waals surface area (Å²) in [5.74, 6) is 2.58. The Hall–Kier alpha value is -0.270. The molecule has 2 bridgehead atoms. The van der Waals surface area contributed by atoms with Gasteiger partial charge in [-0.2, -0.15) is 0 Å². The summed E-state index contributed by atoms with van der Waals surface area (Å²) in [5.41, 5.74) is 0. The fraction of sp³-hybridized carbons (Fsp3) is 0.800. The van der Waals surface area contributed by atoms with Gasteiger partial charge >= 0.3 is 0 Å². The first-order valence-electron chi connectivity index (χ1n) is 7.91. The van der Waals surface area contributed by atoms with Crippen LogP contribution in [0.25, 0.3) is 0 Å². The van der Waals surface area contributed by atoms with Gasteiger partial charge in [0.1, 0.15) is 0 Å². The first kappa shape index (κ1) is 16.6. The maximum absolute atomic E-state index is 12.4. The van der Waals surface area contributed by atoms with Crippen molar-refractivity contribution in [1.29, 1.82) is 0 Å². The van der Waals surface area contributed by atoms with Gasteiger partial charge < -0.3 is 5.32 Å². The van der Waals surface area contributed by atoms with Gasteiger partial charge in [-0.1, -0.05) is 41.3 Å². The zero-order valence-corrected chi connectivity index (χ0v) is 15.7. The molecule has 0 aliphatic heterocycles. The van der Waals surface area contributed by atoms with Crippen LogP contribution in [0, 0.1) is 17.8 Å². The molecule has 4 nitrogen and oxygen atoms in total. The number of nitrogens with one attached hydrogen (secondary N) is 1. The van der Waals surface area contributed by atoms with Crippen molar-refractivity contribution in [3.63, 3.8) is 0 Å². The van der Waals surface area contributed by atoms with E-state index in [0.29, 0.717) is 12.0 Å². The summed E-state index contributed by atoms with van der Waals surface area (Å²) >= 11 is 4.65. The van der Waals surface area contributed by atoms with E-state index in [9.17, 15) is 4.79 Å². The number of carbonyl (C=O) groups is 1. The number of fused-ring (bicyclic) bond motifs is 2. The molecule has 0 saturated heterocycles. The summed E-state index contributed by atoms with van der Waals surface area (Å²) in [6.07, 6.45) is 7.45. The normalized spacial score (nSPS) is 29.5. The monoisotopic (exact) mass is 357 g/mol. The van der Waals surface area contributed by atoms with Gasteiger partial charge in [0.2, 0.25) is 5.91 Å². The SMILES string of the molecule is CSc1nnc(S[C@H](C)C(=O)N[C@@H](C)[C@@H]2C[C@H]3CC[C@H]2C3)s1. The Kier molecular flexibility index (Phi) is 5.35. The summed E-state index contributed by atoms with van der Waals surface area (Å²) in [6.45, 7) is 4.13. The predicted octanol–water partition coefficient (Wildman–Crippen LogP) is 3.68. The molecule has 2 aliphatic carbocycles. The Balaban J connectivity index is 1.50. The third-order valence-electron chi connectivity index (χ3n) is 5.01. The van der Waals surface area contributed by atoms with Crippen LogP contribution in [0.1, 0.15) is 39.5 Å². The van der Waals surface area contributed by atoms with Crippen molar-refractivity contribution >= 4 is 40.8 Å². The van der Waals surface area contributed by atoms with Crippen LogP contribution in [0.5, 0.6) is 0 Å². The molecule has 22 heavy (non-hydrogen) atoms. The fourth-order valence-electron chi connectivity index (χ4n) is 3.89. The molecular weight excluding hydrogens is 334 g/mol.